The highest BCUT2D eigenvalue weighted by Crippen LogP contribution is 2.33. The number of para-hydroxylation sites is 1. The van der Waals surface area contributed by atoms with E-state index in [2.05, 4.69) is 10.1 Å². The van der Waals surface area contributed by atoms with E-state index >= 15 is 0 Å². The van der Waals surface area contributed by atoms with Gasteiger partial charge in [0.15, 0.2) is 6.61 Å². The van der Waals surface area contributed by atoms with E-state index in [0.29, 0.717) is 10.2 Å². The van der Waals surface area contributed by atoms with Gasteiger partial charge >= 0.3 is 11.4 Å². The highest BCUT2D eigenvalue weighted by atomic mass is 35.5. The Morgan fingerprint density at radius 2 is 2.07 bits per heavy atom. The number of hydrogen-bond acceptors (Lipinski definition) is 7. The first-order valence-electron chi connectivity index (χ1n) is 7.95. The molecule has 1 heterocycles. The van der Waals surface area contributed by atoms with Crippen LogP contribution in [0.15, 0.2) is 51.1 Å². The Morgan fingerprint density at radius 1 is 1.34 bits per heavy atom. The molecule has 0 spiro atoms. The molecule has 3 N–H and O–H groups in total. The molecule has 11 nitrogen and oxygen atoms in total. The summed E-state index contributed by atoms with van der Waals surface area (Å²) in [5.41, 5.74) is 3.26. The van der Waals surface area contributed by atoms with E-state index in [9.17, 15) is 24.5 Å². The summed E-state index contributed by atoms with van der Waals surface area (Å²) in [4.78, 5) is 48.7. The van der Waals surface area contributed by atoms with E-state index in [-0.39, 0.29) is 21.7 Å². The van der Waals surface area contributed by atoms with Crippen LogP contribution in [0.3, 0.4) is 0 Å². The number of nitrogens with zero attached hydrogens (tertiary/aromatic N) is 3. The SMILES string of the molecule is NC(=O)COc1c(C=Nn2c(=O)[nH]c3ccccc3c2=O)cc(Cl)cc1[N+](=O)[O-]. The van der Waals surface area contributed by atoms with Crippen LogP contribution in [0.2, 0.25) is 5.02 Å². The van der Waals surface area contributed by atoms with Crippen LogP contribution < -0.4 is 21.7 Å². The number of aromatic nitrogens is 2. The maximum atomic E-state index is 12.5. The third-order valence-electron chi connectivity index (χ3n) is 3.71. The summed E-state index contributed by atoms with van der Waals surface area (Å²) >= 11 is 5.90. The zero-order valence-electron chi connectivity index (χ0n) is 14.5. The fourth-order valence-corrected chi connectivity index (χ4v) is 2.73. The fourth-order valence-electron chi connectivity index (χ4n) is 2.51. The molecule has 0 unspecified atom stereocenters. The number of fused-ring (bicyclic) bond motifs is 1. The largest absolute Gasteiger partial charge is 0.476 e. The van der Waals surface area contributed by atoms with Crippen LogP contribution in [0, 0.1) is 10.1 Å². The van der Waals surface area contributed by atoms with Crippen molar-refractivity contribution in [3.63, 3.8) is 0 Å². The number of primary amides is 1. The zero-order chi connectivity index (χ0) is 21.1. The summed E-state index contributed by atoms with van der Waals surface area (Å²) in [6, 6.07) is 8.61. The van der Waals surface area contributed by atoms with Crippen molar-refractivity contribution < 1.29 is 14.5 Å². The molecule has 29 heavy (non-hydrogen) atoms. The normalized spacial score (nSPS) is 11.1. The molecule has 1 amide bonds. The molecule has 0 aliphatic rings. The summed E-state index contributed by atoms with van der Waals surface area (Å²) in [5.74, 6) is -1.20. The minimum absolute atomic E-state index is 0.0238. The molecule has 148 valence electrons. The number of nitrogens with two attached hydrogens (primary N) is 1. The van der Waals surface area contributed by atoms with Crippen molar-refractivity contribution in [2.75, 3.05) is 6.61 Å². The van der Waals surface area contributed by atoms with Crippen molar-refractivity contribution in [2.45, 2.75) is 0 Å². The van der Waals surface area contributed by atoms with Gasteiger partial charge in [-0.3, -0.25) is 19.7 Å². The lowest BCUT2D eigenvalue weighted by atomic mass is 10.2. The Kier molecular flexibility index (Phi) is 5.41. The number of carbonyl (C=O) groups is 1. The zero-order valence-corrected chi connectivity index (χ0v) is 15.3. The third-order valence-corrected chi connectivity index (χ3v) is 3.93. The number of rotatable bonds is 6. The number of carbonyl (C=O) groups excluding carboxylic acids is 1. The first-order chi connectivity index (χ1) is 13.8. The molecular formula is C17H12ClN5O6. The Balaban J connectivity index is 2.15. The lowest BCUT2D eigenvalue weighted by Gasteiger charge is -2.08. The topological polar surface area (TPSA) is 163 Å². The van der Waals surface area contributed by atoms with Crippen molar-refractivity contribution in [2.24, 2.45) is 10.8 Å². The molecule has 0 aliphatic carbocycles. The van der Waals surface area contributed by atoms with E-state index in [0.717, 1.165) is 12.3 Å². The average molecular weight is 418 g/mol. The van der Waals surface area contributed by atoms with Gasteiger partial charge in [0.1, 0.15) is 0 Å². The minimum atomic E-state index is -0.862. The molecule has 0 aliphatic heterocycles. The number of ether oxygens (including phenoxy) is 1. The molecule has 2 aromatic carbocycles. The molecular weight excluding hydrogens is 406 g/mol. The van der Waals surface area contributed by atoms with Crippen molar-refractivity contribution in [3.8, 4) is 5.75 Å². The highest BCUT2D eigenvalue weighted by Gasteiger charge is 2.21. The average Bonchev–Trinajstić information content (AvgIpc) is 2.66. The van der Waals surface area contributed by atoms with Crippen LogP contribution in [-0.4, -0.2) is 33.3 Å². The number of amides is 1. The highest BCUT2D eigenvalue weighted by molar-refractivity contribution is 6.31. The van der Waals surface area contributed by atoms with E-state index in [4.69, 9.17) is 22.1 Å². The molecule has 0 bridgehead atoms. The van der Waals surface area contributed by atoms with Crippen LogP contribution >= 0.6 is 11.6 Å². The van der Waals surface area contributed by atoms with E-state index in [1.807, 2.05) is 0 Å². The van der Waals surface area contributed by atoms with Gasteiger partial charge in [0.25, 0.3) is 11.5 Å². The number of hydrogen-bond donors (Lipinski definition) is 2. The molecule has 3 rings (SSSR count). The lowest BCUT2D eigenvalue weighted by Crippen LogP contribution is -2.32. The summed E-state index contributed by atoms with van der Waals surface area (Å²) in [7, 11) is 0. The smallest absolute Gasteiger partial charge is 0.349 e. The maximum absolute atomic E-state index is 12.5. The number of aromatic amines is 1. The molecule has 3 aromatic rings. The second-order valence-corrected chi connectivity index (χ2v) is 6.13. The molecule has 0 saturated carbocycles. The van der Waals surface area contributed by atoms with Crippen molar-refractivity contribution >= 4 is 40.3 Å². The molecule has 12 heteroatoms. The van der Waals surface area contributed by atoms with Crippen molar-refractivity contribution in [3.05, 3.63) is 77.9 Å². The van der Waals surface area contributed by atoms with Gasteiger partial charge in [-0.05, 0) is 18.2 Å². The number of nitro benzene ring substituents is 1. The Labute approximate surface area is 166 Å². The molecule has 0 fully saturated rings. The van der Waals surface area contributed by atoms with Crippen LogP contribution in [0.1, 0.15) is 5.56 Å². The van der Waals surface area contributed by atoms with Crippen molar-refractivity contribution in [1.29, 1.82) is 0 Å². The van der Waals surface area contributed by atoms with E-state index in [1.165, 1.54) is 12.1 Å². The van der Waals surface area contributed by atoms with Crippen LogP contribution in [-0.2, 0) is 4.79 Å². The van der Waals surface area contributed by atoms with Gasteiger partial charge in [0, 0.05) is 16.7 Å². The predicted molar refractivity (Wildman–Crippen MR) is 105 cm³/mol. The van der Waals surface area contributed by atoms with Crippen LogP contribution in [0.4, 0.5) is 5.69 Å². The summed E-state index contributed by atoms with van der Waals surface area (Å²) < 4.78 is 5.67. The minimum Gasteiger partial charge on any atom is -0.476 e. The number of H-pyrrole nitrogens is 1. The molecule has 1 aromatic heterocycles. The standard InChI is InChI=1S/C17H12ClN5O6/c18-10-5-9(15(29-8-14(19)24)13(6-10)23(27)28)7-20-22-16(25)11-3-1-2-4-12(11)21-17(22)26/h1-7H,8H2,(H2,19,24)(H,21,26). The first kappa shape index (κ1) is 19.8. The number of halogens is 1. The Bertz CT molecular complexity index is 1280. The summed E-state index contributed by atoms with van der Waals surface area (Å²) in [6.07, 6.45) is 0.987. The fraction of sp³-hybridized carbons (Fsp3) is 0.0588. The van der Waals surface area contributed by atoms with Gasteiger partial charge < -0.3 is 15.5 Å². The quantitative estimate of drug-likeness (QED) is 0.345. The van der Waals surface area contributed by atoms with Gasteiger partial charge in [-0.2, -0.15) is 5.10 Å². The Hall–Kier alpha value is -3.99. The van der Waals surface area contributed by atoms with Crippen LogP contribution in [0.25, 0.3) is 10.9 Å². The summed E-state index contributed by atoms with van der Waals surface area (Å²) in [5, 5.41) is 15.3. The van der Waals surface area contributed by atoms with Gasteiger partial charge in [0.2, 0.25) is 5.75 Å². The maximum Gasteiger partial charge on any atom is 0.349 e. The van der Waals surface area contributed by atoms with E-state index < -0.39 is 34.4 Å². The first-order valence-corrected chi connectivity index (χ1v) is 8.33. The molecule has 0 atom stereocenters. The molecule has 0 saturated heterocycles. The number of nitrogens with one attached hydrogen (secondary N) is 1. The van der Waals surface area contributed by atoms with Gasteiger partial charge in [-0.25, -0.2) is 4.79 Å². The van der Waals surface area contributed by atoms with Crippen LogP contribution in [0.5, 0.6) is 5.75 Å². The number of nitro groups is 1. The Morgan fingerprint density at radius 3 is 2.76 bits per heavy atom. The van der Waals surface area contributed by atoms with Gasteiger partial charge in [-0.1, -0.05) is 23.7 Å². The second-order valence-electron chi connectivity index (χ2n) is 5.69. The number of benzene rings is 2. The second kappa shape index (κ2) is 7.94. The summed E-state index contributed by atoms with van der Waals surface area (Å²) in [6.45, 7) is -0.639. The lowest BCUT2D eigenvalue weighted by molar-refractivity contribution is -0.385. The van der Waals surface area contributed by atoms with Crippen molar-refractivity contribution in [1.82, 2.24) is 9.66 Å². The van der Waals surface area contributed by atoms with Gasteiger partial charge in [-0.15, -0.1) is 4.68 Å². The van der Waals surface area contributed by atoms with Gasteiger partial charge in [0.05, 0.1) is 22.0 Å². The van der Waals surface area contributed by atoms with E-state index in [1.54, 1.807) is 18.2 Å². The predicted octanol–water partition coefficient (Wildman–Crippen LogP) is 0.998. The molecule has 0 radical (unpaired) electrons. The monoisotopic (exact) mass is 417 g/mol. The third kappa shape index (κ3) is 4.14.